The fourth-order valence-electron chi connectivity index (χ4n) is 2.15. The minimum atomic E-state index is -2.56. The summed E-state index contributed by atoms with van der Waals surface area (Å²) in [6, 6.07) is 7.90. The predicted octanol–water partition coefficient (Wildman–Crippen LogP) is 3.25. The second-order valence-electron chi connectivity index (χ2n) is 4.68. The van der Waals surface area contributed by atoms with Gasteiger partial charge in [0, 0.05) is 44.2 Å². The Morgan fingerprint density at radius 3 is 2.18 bits per heavy atom. The summed E-state index contributed by atoms with van der Waals surface area (Å²) in [5.74, 6) is 0.243. The topological polar surface area (TPSA) is 60.3 Å². The maximum atomic E-state index is 9.66. The van der Waals surface area contributed by atoms with Crippen LogP contribution in [0.15, 0.2) is 29.3 Å². The van der Waals surface area contributed by atoms with Gasteiger partial charge in [0.2, 0.25) is 0 Å². The van der Waals surface area contributed by atoms with E-state index in [-0.39, 0.29) is 5.75 Å². The number of hydrogen-bond acceptors (Lipinski definition) is 5. The molecule has 1 N–H and O–H groups in total. The van der Waals surface area contributed by atoms with Crippen LogP contribution >= 0.6 is 0 Å². The first kappa shape index (κ1) is 18.8. The largest absolute Gasteiger partial charge is 0.507 e. The summed E-state index contributed by atoms with van der Waals surface area (Å²) < 4.78 is 17.4. The highest BCUT2D eigenvalue weighted by Crippen LogP contribution is 2.18. The molecule has 1 rings (SSSR count). The van der Waals surface area contributed by atoms with Gasteiger partial charge in [-0.05, 0) is 39.3 Å². The van der Waals surface area contributed by atoms with Gasteiger partial charge in [-0.2, -0.15) is 0 Å². The fraction of sp³-hybridized carbons (Fsp3) is 0.562. The van der Waals surface area contributed by atoms with Crippen molar-refractivity contribution >= 4 is 15.0 Å². The molecule has 124 valence electrons. The Morgan fingerprint density at radius 1 is 1.05 bits per heavy atom. The molecule has 0 unspecified atom stereocenters. The lowest BCUT2D eigenvalue weighted by Crippen LogP contribution is -2.46. The molecule has 0 amide bonds. The van der Waals surface area contributed by atoms with Crippen molar-refractivity contribution in [2.75, 3.05) is 26.4 Å². The zero-order chi connectivity index (χ0) is 16.3. The van der Waals surface area contributed by atoms with Gasteiger partial charge in [0.25, 0.3) is 0 Å². The lowest BCUT2D eigenvalue weighted by atomic mass is 10.2. The summed E-state index contributed by atoms with van der Waals surface area (Å²) >= 11 is 0. The van der Waals surface area contributed by atoms with Gasteiger partial charge in [-0.1, -0.05) is 12.1 Å². The Labute approximate surface area is 134 Å². The molecular weight excluding hydrogens is 298 g/mol. The second-order valence-corrected chi connectivity index (χ2v) is 7.41. The summed E-state index contributed by atoms with van der Waals surface area (Å²) in [6.07, 6.45) is 2.52. The van der Waals surface area contributed by atoms with E-state index < -0.39 is 8.80 Å². The number of hydrogen-bond donors (Lipinski definition) is 1. The van der Waals surface area contributed by atoms with E-state index in [9.17, 15) is 5.11 Å². The summed E-state index contributed by atoms with van der Waals surface area (Å²) in [7, 11) is -2.56. The summed E-state index contributed by atoms with van der Waals surface area (Å²) in [4.78, 5) is 4.36. The summed E-state index contributed by atoms with van der Waals surface area (Å²) in [5, 5.41) is 9.66. The number of benzene rings is 1. The molecule has 0 saturated carbocycles. The van der Waals surface area contributed by atoms with Crippen LogP contribution in [0.1, 0.15) is 32.8 Å². The van der Waals surface area contributed by atoms with Crippen molar-refractivity contribution in [2.45, 2.75) is 33.2 Å². The van der Waals surface area contributed by atoms with Crippen molar-refractivity contribution in [2.24, 2.45) is 4.99 Å². The smallest absolute Gasteiger partial charge is 0.500 e. The van der Waals surface area contributed by atoms with Crippen LogP contribution in [0.5, 0.6) is 5.75 Å². The molecule has 0 aliphatic heterocycles. The van der Waals surface area contributed by atoms with Crippen LogP contribution in [0, 0.1) is 0 Å². The van der Waals surface area contributed by atoms with Crippen LogP contribution in [0.25, 0.3) is 0 Å². The lowest BCUT2D eigenvalue weighted by Gasteiger charge is -2.28. The minimum Gasteiger partial charge on any atom is -0.507 e. The molecule has 0 atom stereocenters. The quantitative estimate of drug-likeness (QED) is 0.385. The van der Waals surface area contributed by atoms with Crippen molar-refractivity contribution in [1.29, 1.82) is 0 Å². The first-order valence-electron chi connectivity index (χ1n) is 7.87. The molecule has 22 heavy (non-hydrogen) atoms. The van der Waals surface area contributed by atoms with E-state index in [1.54, 1.807) is 18.3 Å². The van der Waals surface area contributed by atoms with Crippen molar-refractivity contribution in [3.05, 3.63) is 29.8 Å². The molecular formula is C16H27NO4Si. The highest BCUT2D eigenvalue weighted by atomic mass is 28.4. The van der Waals surface area contributed by atoms with Crippen LogP contribution in [0.2, 0.25) is 6.04 Å². The van der Waals surface area contributed by atoms with E-state index in [0.29, 0.717) is 26.4 Å². The third-order valence-corrected chi connectivity index (χ3v) is 6.18. The molecule has 0 aliphatic rings. The van der Waals surface area contributed by atoms with Crippen molar-refractivity contribution < 1.29 is 18.4 Å². The maximum Gasteiger partial charge on any atom is 0.500 e. The number of phenolic OH excluding ortho intramolecular Hbond substituents is 1. The Kier molecular flexibility index (Phi) is 8.99. The Morgan fingerprint density at radius 2 is 1.64 bits per heavy atom. The highest BCUT2D eigenvalue weighted by molar-refractivity contribution is 6.60. The van der Waals surface area contributed by atoms with Gasteiger partial charge in [-0.25, -0.2) is 0 Å². The molecule has 0 bridgehead atoms. The average molecular weight is 325 g/mol. The van der Waals surface area contributed by atoms with Crippen molar-refractivity contribution in [3.63, 3.8) is 0 Å². The molecule has 5 nitrogen and oxygen atoms in total. The Hall–Kier alpha value is -1.21. The molecule has 0 saturated heterocycles. The number of phenols is 1. The fourth-order valence-corrected chi connectivity index (χ4v) is 4.74. The van der Waals surface area contributed by atoms with Crippen LogP contribution in [0.4, 0.5) is 0 Å². The molecule has 1 aromatic carbocycles. The molecule has 0 heterocycles. The average Bonchev–Trinajstić information content (AvgIpc) is 2.49. The number of aromatic hydroxyl groups is 1. The first-order valence-corrected chi connectivity index (χ1v) is 9.80. The zero-order valence-electron chi connectivity index (χ0n) is 13.7. The highest BCUT2D eigenvalue weighted by Gasteiger charge is 2.39. The van der Waals surface area contributed by atoms with E-state index in [1.807, 2.05) is 32.9 Å². The van der Waals surface area contributed by atoms with Gasteiger partial charge in [-0.15, -0.1) is 0 Å². The predicted molar refractivity (Wildman–Crippen MR) is 90.6 cm³/mol. The molecule has 0 fully saturated rings. The maximum absolute atomic E-state index is 9.66. The van der Waals surface area contributed by atoms with Gasteiger partial charge in [-0.3, -0.25) is 4.99 Å². The van der Waals surface area contributed by atoms with Crippen LogP contribution < -0.4 is 0 Å². The first-order chi connectivity index (χ1) is 10.7. The lowest BCUT2D eigenvalue weighted by molar-refractivity contribution is 0.0710. The normalized spacial score (nSPS) is 12.1. The van der Waals surface area contributed by atoms with E-state index in [0.717, 1.165) is 18.0 Å². The van der Waals surface area contributed by atoms with Gasteiger partial charge >= 0.3 is 8.80 Å². The minimum absolute atomic E-state index is 0.243. The molecule has 0 aromatic heterocycles. The number of nitrogens with zero attached hydrogens (tertiary/aromatic N) is 1. The standard InChI is InChI=1S/C16H27NO4Si/c1-4-19-22(20-5-2,21-6-3)13-9-12-17-14-15-10-7-8-11-16(15)18/h7-8,10-11,14,18H,4-6,9,12-13H2,1-3H3/b17-14+. The van der Waals surface area contributed by atoms with E-state index >= 15 is 0 Å². The third-order valence-electron chi connectivity index (χ3n) is 3.03. The third kappa shape index (κ3) is 6.27. The van der Waals surface area contributed by atoms with Gasteiger partial charge in [0.15, 0.2) is 0 Å². The molecule has 0 aliphatic carbocycles. The Bertz CT molecular complexity index is 437. The molecule has 0 radical (unpaired) electrons. The van der Waals surface area contributed by atoms with Crippen LogP contribution in [-0.4, -0.2) is 46.5 Å². The number of para-hydroxylation sites is 1. The second kappa shape index (κ2) is 10.5. The number of aliphatic imine (C=N–C) groups is 1. The van der Waals surface area contributed by atoms with Crippen molar-refractivity contribution in [3.8, 4) is 5.75 Å². The number of rotatable bonds is 11. The molecule has 1 aromatic rings. The van der Waals surface area contributed by atoms with Crippen molar-refractivity contribution in [1.82, 2.24) is 0 Å². The molecule has 0 spiro atoms. The van der Waals surface area contributed by atoms with Crippen LogP contribution in [-0.2, 0) is 13.3 Å². The van der Waals surface area contributed by atoms with E-state index in [2.05, 4.69) is 4.99 Å². The summed E-state index contributed by atoms with van der Waals surface area (Å²) in [6.45, 7) is 8.28. The van der Waals surface area contributed by atoms with Gasteiger partial charge < -0.3 is 18.4 Å². The monoisotopic (exact) mass is 325 g/mol. The zero-order valence-corrected chi connectivity index (χ0v) is 14.7. The van der Waals surface area contributed by atoms with Crippen LogP contribution in [0.3, 0.4) is 0 Å². The molecule has 6 heteroatoms. The van der Waals surface area contributed by atoms with Gasteiger partial charge in [0.1, 0.15) is 5.75 Å². The Balaban J connectivity index is 2.50. The SMILES string of the molecule is CCO[Si](CCC/N=C/c1ccccc1O)(OCC)OCC. The summed E-state index contributed by atoms with van der Waals surface area (Å²) in [5.41, 5.74) is 0.727. The van der Waals surface area contributed by atoms with E-state index in [1.165, 1.54) is 0 Å². The van der Waals surface area contributed by atoms with E-state index in [4.69, 9.17) is 13.3 Å². The van der Waals surface area contributed by atoms with Gasteiger partial charge in [0.05, 0.1) is 0 Å².